The predicted octanol–water partition coefficient (Wildman–Crippen LogP) is 1.24. The van der Waals surface area contributed by atoms with Crippen LogP contribution in [0.1, 0.15) is 33.6 Å². The molecule has 1 unspecified atom stereocenters. The zero-order valence-electron chi connectivity index (χ0n) is 12.1. The van der Waals surface area contributed by atoms with Crippen LogP contribution in [0.2, 0.25) is 0 Å². The molecule has 4 nitrogen and oxygen atoms in total. The van der Waals surface area contributed by atoms with Gasteiger partial charge in [0.2, 0.25) is 0 Å². The van der Waals surface area contributed by atoms with Gasteiger partial charge < -0.3 is 15.2 Å². The highest BCUT2D eigenvalue weighted by atomic mass is 16.5. The zero-order chi connectivity index (χ0) is 13.2. The number of nitrogens with two attached hydrogens (primary N) is 1. The van der Waals surface area contributed by atoms with E-state index in [1.807, 2.05) is 0 Å². The molecule has 0 radical (unpaired) electrons. The van der Waals surface area contributed by atoms with E-state index in [2.05, 4.69) is 25.7 Å². The van der Waals surface area contributed by atoms with Gasteiger partial charge in [0.1, 0.15) is 0 Å². The first-order valence-electron chi connectivity index (χ1n) is 7.13. The minimum atomic E-state index is -0.0430. The van der Waals surface area contributed by atoms with Crippen molar-refractivity contribution in [3.8, 4) is 0 Å². The number of hydrogen-bond donors (Lipinski definition) is 1. The van der Waals surface area contributed by atoms with E-state index in [1.54, 1.807) is 0 Å². The van der Waals surface area contributed by atoms with Gasteiger partial charge in [-0.05, 0) is 45.6 Å². The number of hydrogen-bond acceptors (Lipinski definition) is 4. The van der Waals surface area contributed by atoms with E-state index in [0.717, 1.165) is 52.2 Å². The zero-order valence-corrected chi connectivity index (χ0v) is 12.1. The smallest absolute Gasteiger partial charge is 0.0757 e. The molecule has 2 rings (SSSR count). The summed E-state index contributed by atoms with van der Waals surface area (Å²) >= 11 is 0. The first kappa shape index (κ1) is 14.3. The number of nitrogens with zero attached hydrogens (tertiary/aromatic N) is 1. The normalized spacial score (nSPS) is 32.3. The summed E-state index contributed by atoms with van der Waals surface area (Å²) in [6.07, 6.45) is 2.49. The fraction of sp³-hybridized carbons (Fsp3) is 1.00. The summed E-state index contributed by atoms with van der Waals surface area (Å²) in [5.41, 5.74) is 6.26. The maximum Gasteiger partial charge on any atom is 0.0757 e. The average molecular weight is 256 g/mol. The third-order valence-corrected chi connectivity index (χ3v) is 4.19. The Hall–Kier alpha value is -0.160. The molecule has 2 fully saturated rings. The van der Waals surface area contributed by atoms with E-state index in [1.165, 1.54) is 0 Å². The van der Waals surface area contributed by atoms with E-state index in [0.29, 0.717) is 6.10 Å². The van der Waals surface area contributed by atoms with Crippen molar-refractivity contribution in [3.05, 3.63) is 0 Å². The molecule has 0 aromatic rings. The molecule has 0 aromatic heterocycles. The molecule has 2 heterocycles. The van der Waals surface area contributed by atoms with Crippen LogP contribution in [0.5, 0.6) is 0 Å². The molecule has 106 valence electrons. The van der Waals surface area contributed by atoms with Crippen LogP contribution >= 0.6 is 0 Å². The van der Waals surface area contributed by atoms with Crippen molar-refractivity contribution in [2.75, 3.05) is 39.4 Å². The summed E-state index contributed by atoms with van der Waals surface area (Å²) in [6, 6.07) is 0. The van der Waals surface area contributed by atoms with Crippen LogP contribution in [0.3, 0.4) is 0 Å². The fourth-order valence-corrected chi connectivity index (χ4v) is 3.41. The van der Waals surface area contributed by atoms with Gasteiger partial charge in [-0.15, -0.1) is 0 Å². The summed E-state index contributed by atoms with van der Waals surface area (Å²) in [5.74, 6) is 0. The Balaban J connectivity index is 1.98. The highest BCUT2D eigenvalue weighted by Gasteiger charge is 2.38. The summed E-state index contributed by atoms with van der Waals surface area (Å²) < 4.78 is 11.4. The molecule has 2 saturated heterocycles. The fourth-order valence-electron chi connectivity index (χ4n) is 3.41. The number of ether oxygens (including phenoxy) is 2. The third-order valence-electron chi connectivity index (χ3n) is 4.19. The van der Waals surface area contributed by atoms with E-state index in [9.17, 15) is 0 Å². The Bertz CT molecular complexity index is 275. The molecule has 0 saturated carbocycles. The predicted molar refractivity (Wildman–Crippen MR) is 72.6 cm³/mol. The molecule has 1 atom stereocenters. The second-order valence-electron chi connectivity index (χ2n) is 6.67. The van der Waals surface area contributed by atoms with Gasteiger partial charge in [-0.3, -0.25) is 4.90 Å². The van der Waals surface area contributed by atoms with Gasteiger partial charge in [0.05, 0.1) is 11.7 Å². The average Bonchev–Trinajstić information content (AvgIpc) is 2.27. The Morgan fingerprint density at radius 3 is 2.50 bits per heavy atom. The van der Waals surface area contributed by atoms with Gasteiger partial charge in [0.15, 0.2) is 0 Å². The molecule has 2 aliphatic heterocycles. The largest absolute Gasteiger partial charge is 0.381 e. The topological polar surface area (TPSA) is 47.7 Å². The maximum absolute atomic E-state index is 6.04. The lowest BCUT2D eigenvalue weighted by Gasteiger charge is -2.46. The van der Waals surface area contributed by atoms with Crippen LogP contribution in [0, 0.1) is 5.41 Å². The van der Waals surface area contributed by atoms with Gasteiger partial charge in [0, 0.05) is 32.8 Å². The molecule has 0 spiro atoms. The highest BCUT2D eigenvalue weighted by Crippen LogP contribution is 2.32. The lowest BCUT2D eigenvalue weighted by Crippen LogP contribution is -2.56. The standard InChI is InChI=1S/C14H28N2O2/c1-12-8-16(10-13(2,3)18-12)11-14(9-15)4-6-17-7-5-14/h12H,4-11,15H2,1-3H3. The van der Waals surface area contributed by atoms with Crippen molar-refractivity contribution in [2.24, 2.45) is 11.1 Å². The minimum absolute atomic E-state index is 0.0430. The molecule has 2 N–H and O–H groups in total. The second kappa shape index (κ2) is 5.45. The molecule has 0 aromatic carbocycles. The van der Waals surface area contributed by atoms with Crippen LogP contribution in [-0.2, 0) is 9.47 Å². The maximum atomic E-state index is 6.04. The van der Waals surface area contributed by atoms with Crippen molar-refractivity contribution in [1.29, 1.82) is 0 Å². The molecule has 0 amide bonds. The SMILES string of the molecule is CC1CN(CC2(CN)CCOCC2)CC(C)(C)O1. The van der Waals surface area contributed by atoms with E-state index < -0.39 is 0 Å². The van der Waals surface area contributed by atoms with Gasteiger partial charge in [-0.2, -0.15) is 0 Å². The Labute approximate surface area is 111 Å². The lowest BCUT2D eigenvalue weighted by molar-refractivity contribution is -0.138. The van der Waals surface area contributed by atoms with Gasteiger partial charge in [-0.25, -0.2) is 0 Å². The van der Waals surface area contributed by atoms with Crippen molar-refractivity contribution in [2.45, 2.75) is 45.3 Å². The van der Waals surface area contributed by atoms with E-state index in [4.69, 9.17) is 15.2 Å². The highest BCUT2D eigenvalue weighted by molar-refractivity contribution is 4.90. The van der Waals surface area contributed by atoms with Crippen molar-refractivity contribution in [3.63, 3.8) is 0 Å². The van der Waals surface area contributed by atoms with E-state index >= 15 is 0 Å². The summed E-state index contributed by atoms with van der Waals surface area (Å²) in [7, 11) is 0. The Morgan fingerprint density at radius 2 is 1.94 bits per heavy atom. The molecule has 2 aliphatic rings. The first-order chi connectivity index (χ1) is 8.45. The van der Waals surface area contributed by atoms with Crippen molar-refractivity contribution >= 4 is 0 Å². The Kier molecular flexibility index (Phi) is 4.32. The van der Waals surface area contributed by atoms with Crippen LogP contribution in [0.4, 0.5) is 0 Å². The Morgan fingerprint density at radius 1 is 1.28 bits per heavy atom. The molecular weight excluding hydrogens is 228 g/mol. The van der Waals surface area contributed by atoms with Crippen LogP contribution in [-0.4, -0.2) is 56.0 Å². The van der Waals surface area contributed by atoms with Gasteiger partial charge >= 0.3 is 0 Å². The first-order valence-corrected chi connectivity index (χ1v) is 7.13. The summed E-state index contributed by atoms with van der Waals surface area (Å²) in [4.78, 5) is 2.53. The monoisotopic (exact) mass is 256 g/mol. The molecule has 0 aliphatic carbocycles. The summed E-state index contributed by atoms with van der Waals surface area (Å²) in [6.45, 7) is 12.1. The second-order valence-corrected chi connectivity index (χ2v) is 6.67. The van der Waals surface area contributed by atoms with Crippen LogP contribution in [0.15, 0.2) is 0 Å². The lowest BCUT2D eigenvalue weighted by atomic mass is 9.79. The molecule has 18 heavy (non-hydrogen) atoms. The number of morpholine rings is 1. The van der Waals surface area contributed by atoms with Crippen molar-refractivity contribution < 1.29 is 9.47 Å². The van der Waals surface area contributed by atoms with Gasteiger partial charge in [-0.1, -0.05) is 0 Å². The molecular formula is C14H28N2O2. The minimum Gasteiger partial charge on any atom is -0.381 e. The molecule has 4 heteroatoms. The summed E-state index contributed by atoms with van der Waals surface area (Å²) in [5, 5.41) is 0. The van der Waals surface area contributed by atoms with Crippen LogP contribution < -0.4 is 5.73 Å². The number of rotatable bonds is 3. The van der Waals surface area contributed by atoms with Crippen molar-refractivity contribution in [1.82, 2.24) is 4.90 Å². The quantitative estimate of drug-likeness (QED) is 0.825. The van der Waals surface area contributed by atoms with E-state index in [-0.39, 0.29) is 11.0 Å². The molecule has 0 bridgehead atoms. The van der Waals surface area contributed by atoms with Crippen LogP contribution in [0.25, 0.3) is 0 Å². The van der Waals surface area contributed by atoms with Gasteiger partial charge in [0.25, 0.3) is 0 Å². The third kappa shape index (κ3) is 3.44.